The molecule has 1 aromatic heterocycles. The van der Waals surface area contributed by atoms with Gasteiger partial charge in [0.1, 0.15) is 0 Å². The first-order valence-electron chi connectivity index (χ1n) is 9.42. The Hall–Kier alpha value is -1.89. The molecule has 0 saturated carbocycles. The zero-order valence-electron chi connectivity index (χ0n) is 16.9. The van der Waals surface area contributed by atoms with Gasteiger partial charge >= 0.3 is 0 Å². The third-order valence-electron chi connectivity index (χ3n) is 4.96. The number of fused-ring (bicyclic) bond motifs is 1. The Bertz CT molecular complexity index is 1050. The molecule has 2 aromatic rings. The van der Waals surface area contributed by atoms with Crippen molar-refractivity contribution in [2.75, 3.05) is 20.3 Å². The van der Waals surface area contributed by atoms with Crippen LogP contribution in [-0.4, -0.2) is 36.5 Å². The van der Waals surface area contributed by atoms with Crippen LogP contribution in [0.3, 0.4) is 0 Å². The second-order valence-electron chi connectivity index (χ2n) is 7.54. The molecule has 1 aromatic carbocycles. The Kier molecular flexibility index (Phi) is 6.66. The van der Waals surface area contributed by atoms with Gasteiger partial charge in [-0.1, -0.05) is 39.2 Å². The maximum atomic E-state index is 13.0. The lowest BCUT2D eigenvalue weighted by Crippen LogP contribution is -2.30. The van der Waals surface area contributed by atoms with Crippen molar-refractivity contribution in [3.63, 3.8) is 0 Å². The second kappa shape index (κ2) is 8.86. The zero-order chi connectivity index (χ0) is 21.3. The van der Waals surface area contributed by atoms with Crippen LogP contribution in [-0.2, 0) is 9.53 Å². The second-order valence-corrected chi connectivity index (χ2v) is 8.86. The minimum atomic E-state index is -0.275. The summed E-state index contributed by atoms with van der Waals surface area (Å²) in [6.07, 6.45) is 4.17. The number of ketones is 1. The molecule has 1 aliphatic carbocycles. The number of ether oxygens (including phenoxy) is 1. The van der Waals surface area contributed by atoms with Gasteiger partial charge in [0.05, 0.1) is 22.7 Å². The largest absolute Gasteiger partial charge is 0.380 e. The number of hydrogen-bond donors (Lipinski definition) is 1. The molecule has 1 amide bonds. The summed E-state index contributed by atoms with van der Waals surface area (Å²) in [5.74, 6) is -0.260. The smallest absolute Gasteiger partial charge is 0.252 e. The van der Waals surface area contributed by atoms with Gasteiger partial charge in [0.2, 0.25) is 0 Å². The highest BCUT2D eigenvalue weighted by Gasteiger charge is 2.22. The van der Waals surface area contributed by atoms with E-state index in [9.17, 15) is 9.59 Å². The highest BCUT2D eigenvalue weighted by Crippen LogP contribution is 2.34. The number of carbonyl (C=O) groups excluding carboxylic acids is 2. The first-order chi connectivity index (χ1) is 13.7. The van der Waals surface area contributed by atoms with E-state index in [0.717, 1.165) is 21.1 Å². The minimum Gasteiger partial charge on any atom is -0.380 e. The minimum absolute atomic E-state index is 0.0146. The van der Waals surface area contributed by atoms with Crippen molar-refractivity contribution in [1.82, 2.24) is 9.88 Å². The molecular formula is C22H24BrClN2O3. The van der Waals surface area contributed by atoms with E-state index in [-0.39, 0.29) is 24.3 Å². The van der Waals surface area contributed by atoms with E-state index in [2.05, 4.69) is 35.1 Å². The predicted octanol–water partition coefficient (Wildman–Crippen LogP) is 5.23. The van der Waals surface area contributed by atoms with Gasteiger partial charge in [-0.15, -0.1) is 0 Å². The quantitative estimate of drug-likeness (QED) is 0.617. The fourth-order valence-corrected chi connectivity index (χ4v) is 4.39. The average molecular weight is 480 g/mol. The van der Waals surface area contributed by atoms with Crippen LogP contribution in [0.15, 0.2) is 45.6 Å². The van der Waals surface area contributed by atoms with Gasteiger partial charge in [-0.25, -0.2) is 0 Å². The molecule has 0 spiro atoms. The fourth-order valence-electron chi connectivity index (χ4n) is 3.64. The molecule has 0 atom stereocenters. The van der Waals surface area contributed by atoms with Crippen LogP contribution in [0, 0.1) is 0 Å². The number of nitrogens with zero attached hydrogens (tertiary/aromatic N) is 1. The summed E-state index contributed by atoms with van der Waals surface area (Å²) in [5.41, 5.74) is 3.75. The van der Waals surface area contributed by atoms with E-state index < -0.39 is 0 Å². The normalized spacial score (nSPS) is 14.7. The summed E-state index contributed by atoms with van der Waals surface area (Å²) in [5, 5.41) is 4.13. The molecule has 1 aliphatic rings. The van der Waals surface area contributed by atoms with E-state index in [4.69, 9.17) is 16.3 Å². The number of halogens is 2. The number of amides is 1. The lowest BCUT2D eigenvalue weighted by Gasteiger charge is -2.18. The summed E-state index contributed by atoms with van der Waals surface area (Å²) >= 11 is 9.97. The first kappa shape index (κ1) is 21.8. The average Bonchev–Trinajstić information content (AvgIpc) is 2.97. The topological polar surface area (TPSA) is 60.3 Å². The predicted molar refractivity (Wildman–Crippen MR) is 120 cm³/mol. The zero-order valence-corrected chi connectivity index (χ0v) is 19.3. The van der Waals surface area contributed by atoms with E-state index >= 15 is 0 Å². The number of nitrogens with one attached hydrogen (secondary N) is 1. The Morgan fingerprint density at radius 3 is 2.76 bits per heavy atom. The molecule has 0 unspecified atom stereocenters. The molecular weight excluding hydrogens is 456 g/mol. The molecule has 154 valence electrons. The van der Waals surface area contributed by atoms with E-state index in [1.165, 1.54) is 0 Å². The fraction of sp³-hybridized carbons (Fsp3) is 0.364. The Morgan fingerprint density at radius 2 is 2.10 bits per heavy atom. The summed E-state index contributed by atoms with van der Waals surface area (Å²) < 4.78 is 8.05. The van der Waals surface area contributed by atoms with Gasteiger partial charge in [-0.05, 0) is 38.5 Å². The van der Waals surface area contributed by atoms with Gasteiger partial charge in [-0.2, -0.15) is 0 Å². The van der Waals surface area contributed by atoms with Crippen LogP contribution in [0.1, 0.15) is 43.6 Å². The van der Waals surface area contributed by atoms with Gasteiger partial charge in [-0.3, -0.25) is 9.59 Å². The lowest BCUT2D eigenvalue weighted by atomic mass is 9.92. The van der Waals surface area contributed by atoms with Crippen molar-refractivity contribution >= 4 is 50.1 Å². The molecule has 1 N–H and O–H groups in total. The Labute approximate surface area is 183 Å². The Balaban J connectivity index is 1.95. The molecule has 29 heavy (non-hydrogen) atoms. The van der Waals surface area contributed by atoms with Crippen molar-refractivity contribution in [3.05, 3.63) is 56.2 Å². The van der Waals surface area contributed by atoms with Crippen molar-refractivity contribution in [1.29, 1.82) is 0 Å². The molecule has 1 heterocycles. The van der Waals surface area contributed by atoms with E-state index in [1.807, 2.05) is 29.8 Å². The SMILES string of the molecule is COCC1=C(CNC(=O)c2cc(Br)cc3c2c(Cl)cn3C(C)C)C(=O)CC(C)=C1. The number of carbonyl (C=O) groups is 2. The highest BCUT2D eigenvalue weighted by molar-refractivity contribution is 9.10. The van der Waals surface area contributed by atoms with Crippen LogP contribution >= 0.6 is 27.5 Å². The number of rotatable bonds is 6. The molecule has 0 fully saturated rings. The van der Waals surface area contributed by atoms with Crippen LogP contribution in [0.5, 0.6) is 0 Å². The molecule has 0 radical (unpaired) electrons. The van der Waals surface area contributed by atoms with Crippen molar-refractivity contribution in [2.45, 2.75) is 33.2 Å². The molecule has 5 nitrogen and oxygen atoms in total. The maximum absolute atomic E-state index is 13.0. The van der Waals surface area contributed by atoms with Gasteiger partial charge in [0, 0.05) is 47.7 Å². The first-order valence-corrected chi connectivity index (χ1v) is 10.6. The third-order valence-corrected chi connectivity index (χ3v) is 5.71. The van der Waals surface area contributed by atoms with Gasteiger partial charge in [0.15, 0.2) is 5.78 Å². The van der Waals surface area contributed by atoms with Crippen molar-refractivity contribution in [3.8, 4) is 0 Å². The van der Waals surface area contributed by atoms with Crippen LogP contribution in [0.4, 0.5) is 0 Å². The van der Waals surface area contributed by atoms with Crippen LogP contribution < -0.4 is 5.32 Å². The van der Waals surface area contributed by atoms with Crippen LogP contribution in [0.25, 0.3) is 10.9 Å². The molecule has 0 bridgehead atoms. The number of hydrogen-bond acceptors (Lipinski definition) is 3. The maximum Gasteiger partial charge on any atom is 0.252 e. The molecule has 0 aliphatic heterocycles. The molecule has 7 heteroatoms. The molecule has 0 saturated heterocycles. The van der Waals surface area contributed by atoms with Gasteiger partial charge in [0.25, 0.3) is 5.91 Å². The number of methoxy groups -OCH3 is 1. The summed E-state index contributed by atoms with van der Waals surface area (Å²) in [4.78, 5) is 25.5. The van der Waals surface area contributed by atoms with Crippen LogP contribution in [0.2, 0.25) is 5.02 Å². The number of Topliss-reactive ketones (excluding diaryl/α,β-unsaturated/α-hetero) is 1. The highest BCUT2D eigenvalue weighted by atomic mass is 79.9. The van der Waals surface area contributed by atoms with E-state index in [0.29, 0.717) is 34.6 Å². The summed E-state index contributed by atoms with van der Waals surface area (Å²) in [6, 6.07) is 3.91. The number of aromatic nitrogens is 1. The molecule has 3 rings (SSSR count). The number of benzene rings is 1. The third kappa shape index (κ3) is 4.49. The Morgan fingerprint density at radius 1 is 1.38 bits per heavy atom. The van der Waals surface area contributed by atoms with E-state index in [1.54, 1.807) is 13.2 Å². The summed E-state index contributed by atoms with van der Waals surface area (Å²) in [7, 11) is 1.59. The van der Waals surface area contributed by atoms with Crippen molar-refractivity contribution < 1.29 is 14.3 Å². The number of allylic oxidation sites excluding steroid dienone is 1. The summed E-state index contributed by atoms with van der Waals surface area (Å²) in [6.45, 7) is 6.52. The standard InChI is InChI=1S/C22H24BrClN2O3/c1-12(2)26-10-18(24)21-16(7-15(23)8-19(21)26)22(28)25-9-17-14(11-29-4)5-13(3)6-20(17)27/h5,7-8,10,12H,6,9,11H2,1-4H3,(H,25,28). The lowest BCUT2D eigenvalue weighted by molar-refractivity contribution is -0.115. The van der Waals surface area contributed by atoms with Crippen molar-refractivity contribution in [2.24, 2.45) is 0 Å². The van der Waals surface area contributed by atoms with Gasteiger partial charge < -0.3 is 14.6 Å². The monoisotopic (exact) mass is 478 g/mol.